The molecule has 2 N–H and O–H groups in total. The van der Waals surface area contributed by atoms with Gasteiger partial charge in [-0.15, -0.1) is 0 Å². The Morgan fingerprint density at radius 1 is 1.40 bits per heavy atom. The summed E-state index contributed by atoms with van der Waals surface area (Å²) in [7, 11) is 1.55. The molecule has 1 rings (SSSR count). The van der Waals surface area contributed by atoms with E-state index in [2.05, 4.69) is 5.32 Å². The van der Waals surface area contributed by atoms with Crippen LogP contribution in [0, 0.1) is 0 Å². The summed E-state index contributed by atoms with van der Waals surface area (Å²) in [5.74, 6) is 0.504. The van der Waals surface area contributed by atoms with E-state index in [1.807, 2.05) is 0 Å². The van der Waals surface area contributed by atoms with E-state index in [1.165, 1.54) is 24.3 Å². The van der Waals surface area contributed by atoms with E-state index in [0.717, 1.165) is 0 Å². The normalized spacial score (nSPS) is 9.67. The summed E-state index contributed by atoms with van der Waals surface area (Å²) in [6.45, 7) is 0.831. The van der Waals surface area contributed by atoms with Crippen LogP contribution in [0.5, 0.6) is 11.5 Å². The van der Waals surface area contributed by atoms with E-state index in [4.69, 9.17) is 14.6 Å². The molecule has 1 aromatic carbocycles. The first kappa shape index (κ1) is 11.3. The van der Waals surface area contributed by atoms with Gasteiger partial charge in [-0.25, -0.2) is 4.79 Å². The maximum atomic E-state index is 11.1. The van der Waals surface area contributed by atoms with Crippen molar-refractivity contribution in [3.63, 3.8) is 0 Å². The molecular formula is C10H13NO4. The van der Waals surface area contributed by atoms with Crippen LogP contribution in [-0.2, 0) is 4.74 Å². The molecule has 0 aliphatic carbocycles. The molecule has 82 valence electrons. The Kier molecular flexibility index (Phi) is 4.43. The van der Waals surface area contributed by atoms with Crippen molar-refractivity contribution < 1.29 is 19.4 Å². The van der Waals surface area contributed by atoms with E-state index < -0.39 is 6.09 Å². The van der Waals surface area contributed by atoms with Crippen LogP contribution >= 0.6 is 0 Å². The molecule has 0 fully saturated rings. The largest absolute Gasteiger partial charge is 0.508 e. The van der Waals surface area contributed by atoms with Crippen molar-refractivity contribution in [1.82, 2.24) is 5.32 Å². The summed E-state index contributed by atoms with van der Waals surface area (Å²) in [5.41, 5.74) is 0. The molecule has 0 atom stereocenters. The van der Waals surface area contributed by atoms with Crippen LogP contribution in [0.1, 0.15) is 0 Å². The molecule has 5 nitrogen and oxygen atoms in total. The maximum Gasteiger partial charge on any atom is 0.412 e. The number of phenols is 1. The molecule has 1 aromatic rings. The van der Waals surface area contributed by atoms with Gasteiger partial charge in [0.25, 0.3) is 0 Å². The third-order valence-corrected chi connectivity index (χ3v) is 1.62. The lowest BCUT2D eigenvalue weighted by Crippen LogP contribution is -2.29. The van der Waals surface area contributed by atoms with Crippen molar-refractivity contribution in [1.29, 1.82) is 0 Å². The molecule has 0 spiro atoms. The molecule has 0 saturated heterocycles. The van der Waals surface area contributed by atoms with E-state index in [0.29, 0.717) is 18.9 Å². The van der Waals surface area contributed by atoms with Gasteiger partial charge in [0.2, 0.25) is 0 Å². The van der Waals surface area contributed by atoms with Gasteiger partial charge >= 0.3 is 6.09 Å². The Bertz CT molecular complexity index is 310. The monoisotopic (exact) mass is 211 g/mol. The predicted molar refractivity (Wildman–Crippen MR) is 54.0 cm³/mol. The van der Waals surface area contributed by atoms with Gasteiger partial charge in [-0.05, 0) is 24.3 Å². The van der Waals surface area contributed by atoms with Crippen molar-refractivity contribution >= 4 is 6.09 Å². The lowest BCUT2D eigenvalue weighted by atomic mass is 10.3. The first-order valence-electron chi connectivity index (χ1n) is 4.46. The summed E-state index contributed by atoms with van der Waals surface area (Å²) in [5, 5.41) is 11.5. The van der Waals surface area contributed by atoms with Gasteiger partial charge in [-0.3, -0.25) is 0 Å². The topological polar surface area (TPSA) is 67.8 Å². The molecule has 0 aliphatic heterocycles. The van der Waals surface area contributed by atoms with Gasteiger partial charge in [0, 0.05) is 13.7 Å². The number of aromatic hydroxyl groups is 1. The minimum atomic E-state index is -0.544. The number of nitrogens with one attached hydrogen (secondary N) is 1. The van der Waals surface area contributed by atoms with Crippen molar-refractivity contribution in [3.05, 3.63) is 24.3 Å². The lowest BCUT2D eigenvalue weighted by Gasteiger charge is -2.05. The van der Waals surface area contributed by atoms with Crippen molar-refractivity contribution in [3.8, 4) is 11.5 Å². The number of methoxy groups -OCH3 is 1. The molecule has 15 heavy (non-hydrogen) atoms. The maximum absolute atomic E-state index is 11.1. The standard InChI is InChI=1S/C10H13NO4/c1-14-7-6-11-10(13)15-9-4-2-8(12)3-5-9/h2-5,12H,6-7H2,1H3,(H,11,13). The Hall–Kier alpha value is -1.75. The molecule has 0 saturated carbocycles. The second kappa shape index (κ2) is 5.87. The van der Waals surface area contributed by atoms with Crippen LogP contribution in [-0.4, -0.2) is 31.5 Å². The molecule has 5 heteroatoms. The minimum absolute atomic E-state index is 0.127. The molecular weight excluding hydrogens is 198 g/mol. The number of rotatable bonds is 4. The summed E-state index contributed by atoms with van der Waals surface area (Å²) < 4.78 is 9.65. The van der Waals surface area contributed by atoms with Crippen LogP contribution in [0.25, 0.3) is 0 Å². The van der Waals surface area contributed by atoms with Gasteiger partial charge in [-0.2, -0.15) is 0 Å². The number of phenolic OH excluding ortho intramolecular Hbond substituents is 1. The summed E-state index contributed by atoms with van der Waals surface area (Å²) in [4.78, 5) is 11.1. The quantitative estimate of drug-likeness (QED) is 0.732. The highest BCUT2D eigenvalue weighted by atomic mass is 16.6. The smallest absolute Gasteiger partial charge is 0.412 e. The summed E-state index contributed by atoms with van der Waals surface area (Å²) in [6.07, 6.45) is -0.544. The Labute approximate surface area is 87.6 Å². The van der Waals surface area contributed by atoms with Crippen LogP contribution in [0.2, 0.25) is 0 Å². The SMILES string of the molecule is COCCNC(=O)Oc1ccc(O)cc1. The average Bonchev–Trinajstić information content (AvgIpc) is 2.22. The second-order valence-corrected chi connectivity index (χ2v) is 2.80. The van der Waals surface area contributed by atoms with Crippen LogP contribution in [0.4, 0.5) is 4.79 Å². The Balaban J connectivity index is 2.34. The van der Waals surface area contributed by atoms with E-state index in [9.17, 15) is 4.79 Å². The number of hydrogen-bond acceptors (Lipinski definition) is 4. The molecule has 0 radical (unpaired) electrons. The van der Waals surface area contributed by atoms with Gasteiger partial charge < -0.3 is 19.9 Å². The fourth-order valence-electron chi connectivity index (χ4n) is 0.912. The van der Waals surface area contributed by atoms with E-state index in [-0.39, 0.29) is 5.75 Å². The predicted octanol–water partition coefficient (Wildman–Crippen LogP) is 1.13. The van der Waals surface area contributed by atoms with Crippen molar-refractivity contribution in [2.45, 2.75) is 0 Å². The van der Waals surface area contributed by atoms with Crippen LogP contribution in [0.3, 0.4) is 0 Å². The highest BCUT2D eigenvalue weighted by Gasteiger charge is 2.02. The average molecular weight is 211 g/mol. The molecule has 1 amide bonds. The van der Waals surface area contributed by atoms with E-state index >= 15 is 0 Å². The first-order valence-corrected chi connectivity index (χ1v) is 4.46. The summed E-state index contributed by atoms with van der Waals surface area (Å²) >= 11 is 0. The van der Waals surface area contributed by atoms with Crippen molar-refractivity contribution in [2.24, 2.45) is 0 Å². The zero-order chi connectivity index (χ0) is 11.1. The molecule has 0 heterocycles. The van der Waals surface area contributed by atoms with Gasteiger partial charge in [0.15, 0.2) is 0 Å². The van der Waals surface area contributed by atoms with Gasteiger partial charge in [0.05, 0.1) is 6.61 Å². The molecule has 0 aliphatic rings. The fraction of sp³-hybridized carbons (Fsp3) is 0.300. The number of benzene rings is 1. The minimum Gasteiger partial charge on any atom is -0.508 e. The van der Waals surface area contributed by atoms with Crippen LogP contribution < -0.4 is 10.1 Å². The third kappa shape index (κ3) is 4.33. The summed E-state index contributed by atoms with van der Waals surface area (Å²) in [6, 6.07) is 5.89. The number of carbonyl (C=O) groups is 1. The van der Waals surface area contributed by atoms with Gasteiger partial charge in [0.1, 0.15) is 11.5 Å². The Morgan fingerprint density at radius 3 is 2.67 bits per heavy atom. The zero-order valence-electron chi connectivity index (χ0n) is 8.40. The van der Waals surface area contributed by atoms with Crippen molar-refractivity contribution in [2.75, 3.05) is 20.3 Å². The highest BCUT2D eigenvalue weighted by Crippen LogP contribution is 2.15. The highest BCUT2D eigenvalue weighted by molar-refractivity contribution is 5.70. The van der Waals surface area contributed by atoms with Crippen LogP contribution in [0.15, 0.2) is 24.3 Å². The molecule has 0 bridgehead atoms. The number of hydrogen-bond donors (Lipinski definition) is 2. The molecule has 0 aromatic heterocycles. The van der Waals surface area contributed by atoms with Gasteiger partial charge in [-0.1, -0.05) is 0 Å². The number of ether oxygens (including phenoxy) is 2. The lowest BCUT2D eigenvalue weighted by molar-refractivity contribution is 0.180. The first-order chi connectivity index (χ1) is 7.22. The van der Waals surface area contributed by atoms with E-state index in [1.54, 1.807) is 7.11 Å². The number of amides is 1. The molecule has 0 unspecified atom stereocenters. The second-order valence-electron chi connectivity index (χ2n) is 2.80. The Morgan fingerprint density at radius 2 is 2.07 bits per heavy atom. The third-order valence-electron chi connectivity index (χ3n) is 1.62. The zero-order valence-corrected chi connectivity index (χ0v) is 8.40. The fourth-order valence-corrected chi connectivity index (χ4v) is 0.912. The number of carbonyl (C=O) groups excluding carboxylic acids is 1.